The van der Waals surface area contributed by atoms with Gasteiger partial charge < -0.3 is 0 Å². The Bertz CT molecular complexity index is 144. The second-order valence-electron chi connectivity index (χ2n) is 2.73. The van der Waals surface area contributed by atoms with E-state index in [9.17, 15) is 0 Å². The molecule has 1 aliphatic carbocycles. The molecule has 0 aromatic carbocycles. The summed E-state index contributed by atoms with van der Waals surface area (Å²) < 4.78 is 2.46. The van der Waals surface area contributed by atoms with Crippen LogP contribution in [0.5, 0.6) is 0 Å². The van der Waals surface area contributed by atoms with Crippen LogP contribution in [-0.4, -0.2) is 23.1 Å². The first kappa shape index (κ1) is 5.81. The Morgan fingerprint density at radius 2 is 2.44 bits per heavy atom. The summed E-state index contributed by atoms with van der Waals surface area (Å²) >= 11 is 1.88. The minimum atomic E-state index is 0.769. The van der Waals surface area contributed by atoms with Gasteiger partial charge in [0.2, 0.25) is 0 Å². The maximum Gasteiger partial charge on any atom is 0.0388 e. The molecular formula is C7H11NS. The zero-order valence-corrected chi connectivity index (χ0v) is 6.40. The molecule has 2 aliphatic rings. The molecule has 1 fully saturated rings. The van der Waals surface area contributed by atoms with Crippen molar-refractivity contribution in [1.82, 2.24) is 4.31 Å². The average Bonchev–Trinajstić information content (AvgIpc) is 2.45. The summed E-state index contributed by atoms with van der Waals surface area (Å²) in [6.07, 6.45) is 8.23. The van der Waals surface area contributed by atoms with Crippen LogP contribution in [0.3, 0.4) is 0 Å². The number of rotatable bonds is 1. The molecule has 2 heteroatoms. The maximum atomic E-state index is 2.46. The highest BCUT2D eigenvalue weighted by atomic mass is 32.2. The zero-order chi connectivity index (χ0) is 6.27. The molecule has 2 atom stereocenters. The standard InChI is InChI=1S/C7H11NS/c1-9-8-5-6-2-3-7(8)4-6/h2-3,6-7H,4-5H2,1H3. The molecule has 1 nitrogen and oxygen atoms in total. The molecule has 0 amide bonds. The van der Waals surface area contributed by atoms with Crippen LogP contribution in [0, 0.1) is 5.92 Å². The van der Waals surface area contributed by atoms with Crippen molar-refractivity contribution in [2.24, 2.45) is 5.92 Å². The third-order valence-corrected chi connectivity index (χ3v) is 3.06. The molecule has 0 spiro atoms. The predicted octanol–water partition coefficient (Wildman–Crippen LogP) is 1.52. The lowest BCUT2D eigenvalue weighted by Gasteiger charge is -2.19. The van der Waals surface area contributed by atoms with Crippen molar-refractivity contribution in [3.63, 3.8) is 0 Å². The first-order valence-electron chi connectivity index (χ1n) is 3.39. The highest BCUT2D eigenvalue weighted by molar-refractivity contribution is 7.96. The number of nitrogens with zero attached hydrogens (tertiary/aromatic N) is 1. The highest BCUT2D eigenvalue weighted by Gasteiger charge is 2.32. The lowest BCUT2D eigenvalue weighted by molar-refractivity contribution is 0.491. The molecule has 9 heavy (non-hydrogen) atoms. The van der Waals surface area contributed by atoms with Gasteiger partial charge in [0.15, 0.2) is 0 Å². The van der Waals surface area contributed by atoms with E-state index in [0.717, 1.165) is 12.0 Å². The fourth-order valence-electron chi connectivity index (χ4n) is 1.68. The fraction of sp³-hybridized carbons (Fsp3) is 0.714. The van der Waals surface area contributed by atoms with Crippen LogP contribution in [0.1, 0.15) is 6.42 Å². The third kappa shape index (κ3) is 0.812. The van der Waals surface area contributed by atoms with Crippen molar-refractivity contribution in [1.29, 1.82) is 0 Å². The Morgan fingerprint density at radius 1 is 1.56 bits per heavy atom. The van der Waals surface area contributed by atoms with Gasteiger partial charge in [-0.2, -0.15) is 0 Å². The number of hydrogen-bond acceptors (Lipinski definition) is 2. The Labute approximate surface area is 60.2 Å². The molecule has 0 N–H and O–H groups in total. The Morgan fingerprint density at radius 3 is 2.78 bits per heavy atom. The number of fused-ring (bicyclic) bond motifs is 2. The summed E-state index contributed by atoms with van der Waals surface area (Å²) in [5.74, 6) is 0.877. The van der Waals surface area contributed by atoms with Gasteiger partial charge in [0.25, 0.3) is 0 Å². The van der Waals surface area contributed by atoms with Gasteiger partial charge in [0.05, 0.1) is 0 Å². The van der Waals surface area contributed by atoms with Crippen molar-refractivity contribution < 1.29 is 0 Å². The molecule has 1 saturated heterocycles. The summed E-state index contributed by atoms with van der Waals surface area (Å²) in [5, 5.41) is 0. The van der Waals surface area contributed by atoms with Gasteiger partial charge in [-0.1, -0.05) is 24.1 Å². The molecule has 1 heterocycles. The van der Waals surface area contributed by atoms with E-state index < -0.39 is 0 Å². The fourth-order valence-corrected chi connectivity index (χ4v) is 2.45. The summed E-state index contributed by atoms with van der Waals surface area (Å²) in [6.45, 7) is 1.28. The van der Waals surface area contributed by atoms with E-state index in [1.807, 2.05) is 11.9 Å². The van der Waals surface area contributed by atoms with Crippen molar-refractivity contribution in [2.45, 2.75) is 12.5 Å². The topological polar surface area (TPSA) is 3.24 Å². The van der Waals surface area contributed by atoms with E-state index in [2.05, 4.69) is 22.7 Å². The van der Waals surface area contributed by atoms with Gasteiger partial charge in [-0.25, -0.2) is 4.31 Å². The lowest BCUT2D eigenvalue weighted by atomic mass is 10.2. The van der Waals surface area contributed by atoms with Crippen LogP contribution in [0.25, 0.3) is 0 Å². The van der Waals surface area contributed by atoms with Crippen molar-refractivity contribution in [3.05, 3.63) is 12.2 Å². The molecule has 2 bridgehead atoms. The van der Waals surface area contributed by atoms with E-state index in [1.165, 1.54) is 13.0 Å². The molecular weight excluding hydrogens is 130 g/mol. The van der Waals surface area contributed by atoms with Gasteiger partial charge in [-0.3, -0.25) is 0 Å². The molecule has 2 rings (SSSR count). The van der Waals surface area contributed by atoms with Crippen LogP contribution >= 0.6 is 11.9 Å². The van der Waals surface area contributed by atoms with Gasteiger partial charge in [-0.15, -0.1) is 0 Å². The van der Waals surface area contributed by atoms with Gasteiger partial charge in [-0.05, 0) is 18.6 Å². The largest absolute Gasteiger partial charge is 0.243 e. The van der Waals surface area contributed by atoms with Gasteiger partial charge in [0, 0.05) is 12.6 Å². The minimum Gasteiger partial charge on any atom is -0.243 e. The molecule has 0 radical (unpaired) electrons. The monoisotopic (exact) mass is 141 g/mol. The summed E-state index contributed by atoms with van der Waals surface area (Å²) in [5.41, 5.74) is 0. The van der Waals surface area contributed by atoms with Crippen LogP contribution in [0.2, 0.25) is 0 Å². The Balaban J connectivity index is 2.10. The van der Waals surface area contributed by atoms with Crippen LogP contribution in [0.4, 0.5) is 0 Å². The molecule has 50 valence electrons. The first-order chi connectivity index (χ1) is 4.40. The highest BCUT2D eigenvalue weighted by Crippen LogP contribution is 2.34. The molecule has 2 unspecified atom stereocenters. The summed E-state index contributed by atoms with van der Waals surface area (Å²) in [4.78, 5) is 0. The van der Waals surface area contributed by atoms with Crippen LogP contribution < -0.4 is 0 Å². The summed E-state index contributed by atoms with van der Waals surface area (Å²) in [6, 6.07) is 0.769. The average molecular weight is 141 g/mol. The SMILES string of the molecule is CSN1CC2C=CC1C2. The smallest absolute Gasteiger partial charge is 0.0388 e. The normalized spacial score (nSPS) is 40.6. The molecule has 0 saturated carbocycles. The minimum absolute atomic E-state index is 0.769. The van der Waals surface area contributed by atoms with E-state index in [-0.39, 0.29) is 0 Å². The molecule has 1 aliphatic heterocycles. The lowest BCUT2D eigenvalue weighted by Crippen LogP contribution is -2.21. The van der Waals surface area contributed by atoms with Crippen molar-refractivity contribution in [2.75, 3.05) is 12.8 Å². The predicted molar refractivity (Wildman–Crippen MR) is 41.3 cm³/mol. The quantitative estimate of drug-likeness (QED) is 0.402. The summed E-state index contributed by atoms with van der Waals surface area (Å²) in [7, 11) is 0. The second kappa shape index (κ2) is 2.03. The first-order valence-corrected chi connectivity index (χ1v) is 4.57. The van der Waals surface area contributed by atoms with E-state index in [0.29, 0.717) is 0 Å². The molecule has 0 aromatic rings. The van der Waals surface area contributed by atoms with Crippen molar-refractivity contribution in [3.8, 4) is 0 Å². The van der Waals surface area contributed by atoms with Crippen LogP contribution in [0.15, 0.2) is 12.2 Å². The van der Waals surface area contributed by atoms with Gasteiger partial charge in [0.1, 0.15) is 0 Å². The van der Waals surface area contributed by atoms with E-state index in [4.69, 9.17) is 0 Å². The second-order valence-corrected chi connectivity index (χ2v) is 3.56. The van der Waals surface area contributed by atoms with E-state index in [1.54, 1.807) is 0 Å². The van der Waals surface area contributed by atoms with Gasteiger partial charge >= 0.3 is 0 Å². The van der Waals surface area contributed by atoms with Crippen molar-refractivity contribution >= 4 is 11.9 Å². The third-order valence-electron chi connectivity index (χ3n) is 2.17. The maximum absolute atomic E-state index is 2.46. The number of hydrogen-bond donors (Lipinski definition) is 0. The van der Waals surface area contributed by atoms with Crippen LogP contribution in [-0.2, 0) is 0 Å². The molecule has 0 aromatic heterocycles. The zero-order valence-electron chi connectivity index (χ0n) is 5.58. The Kier molecular flexibility index (Phi) is 1.31. The van der Waals surface area contributed by atoms with E-state index >= 15 is 0 Å². The Hall–Kier alpha value is 0.0500.